The van der Waals surface area contributed by atoms with Crippen LogP contribution in [0.25, 0.3) is 0 Å². The van der Waals surface area contributed by atoms with Crippen LogP contribution in [0.15, 0.2) is 18.2 Å². The van der Waals surface area contributed by atoms with Gasteiger partial charge in [-0.15, -0.1) is 0 Å². The first-order chi connectivity index (χ1) is 8.06. The van der Waals surface area contributed by atoms with Gasteiger partial charge < -0.3 is 20.1 Å². The predicted octanol–water partition coefficient (Wildman–Crippen LogP) is 1.23. The standard InChI is InChI=1S/C11H14Cl2O4/c12-9-1-2-10(13)8(3-9)4-17-11(5-14,6-15)7-16/h1-3,14-16H,4-7H2. The lowest BCUT2D eigenvalue weighted by molar-refractivity contribution is -0.140. The topological polar surface area (TPSA) is 69.9 Å². The van der Waals surface area contributed by atoms with Crippen molar-refractivity contribution in [3.8, 4) is 0 Å². The smallest absolute Gasteiger partial charge is 0.137 e. The third-order valence-electron chi connectivity index (χ3n) is 2.41. The van der Waals surface area contributed by atoms with Gasteiger partial charge in [-0.05, 0) is 23.8 Å². The maximum Gasteiger partial charge on any atom is 0.137 e. The van der Waals surface area contributed by atoms with E-state index in [1.54, 1.807) is 18.2 Å². The van der Waals surface area contributed by atoms with Gasteiger partial charge in [0.1, 0.15) is 5.60 Å². The van der Waals surface area contributed by atoms with Crippen molar-refractivity contribution in [2.24, 2.45) is 0 Å². The van der Waals surface area contributed by atoms with Crippen LogP contribution in [0.1, 0.15) is 5.56 Å². The van der Waals surface area contributed by atoms with E-state index >= 15 is 0 Å². The van der Waals surface area contributed by atoms with Crippen LogP contribution < -0.4 is 0 Å². The fourth-order valence-corrected chi connectivity index (χ4v) is 1.54. The quantitative estimate of drug-likeness (QED) is 0.733. The Morgan fingerprint density at radius 3 is 2.18 bits per heavy atom. The summed E-state index contributed by atoms with van der Waals surface area (Å²) in [5.74, 6) is 0. The van der Waals surface area contributed by atoms with Crippen molar-refractivity contribution in [2.45, 2.75) is 12.2 Å². The SMILES string of the molecule is OCC(CO)(CO)OCc1cc(Cl)ccc1Cl. The molecule has 0 bridgehead atoms. The second-order valence-electron chi connectivity index (χ2n) is 3.68. The summed E-state index contributed by atoms with van der Waals surface area (Å²) in [7, 11) is 0. The first-order valence-electron chi connectivity index (χ1n) is 4.97. The second kappa shape index (κ2) is 6.54. The number of rotatable bonds is 6. The van der Waals surface area contributed by atoms with Gasteiger partial charge in [0.2, 0.25) is 0 Å². The van der Waals surface area contributed by atoms with E-state index in [1.165, 1.54) is 0 Å². The highest BCUT2D eigenvalue weighted by Gasteiger charge is 2.29. The van der Waals surface area contributed by atoms with E-state index in [4.69, 9.17) is 43.3 Å². The zero-order chi connectivity index (χ0) is 12.9. The van der Waals surface area contributed by atoms with Gasteiger partial charge in [0.25, 0.3) is 0 Å². The summed E-state index contributed by atoms with van der Waals surface area (Å²) >= 11 is 11.7. The first kappa shape index (κ1) is 14.7. The van der Waals surface area contributed by atoms with Crippen molar-refractivity contribution in [3.63, 3.8) is 0 Å². The van der Waals surface area contributed by atoms with Crippen molar-refractivity contribution in [3.05, 3.63) is 33.8 Å². The van der Waals surface area contributed by atoms with Crippen molar-refractivity contribution < 1.29 is 20.1 Å². The molecule has 96 valence electrons. The molecule has 4 nitrogen and oxygen atoms in total. The van der Waals surface area contributed by atoms with Crippen molar-refractivity contribution >= 4 is 23.2 Å². The second-order valence-corrected chi connectivity index (χ2v) is 4.53. The molecule has 1 rings (SSSR count). The van der Waals surface area contributed by atoms with Crippen LogP contribution in [0.4, 0.5) is 0 Å². The van der Waals surface area contributed by atoms with Crippen LogP contribution in [0.2, 0.25) is 10.0 Å². The Labute approximate surface area is 109 Å². The average molecular weight is 281 g/mol. The van der Waals surface area contributed by atoms with Crippen LogP contribution >= 0.6 is 23.2 Å². The van der Waals surface area contributed by atoms with Crippen molar-refractivity contribution in [1.82, 2.24) is 0 Å². The van der Waals surface area contributed by atoms with Crippen LogP contribution in [-0.4, -0.2) is 40.7 Å². The van der Waals surface area contributed by atoms with Crippen LogP contribution in [0, 0.1) is 0 Å². The Bertz CT molecular complexity index is 358. The fourth-order valence-electron chi connectivity index (χ4n) is 1.17. The first-order valence-corrected chi connectivity index (χ1v) is 5.73. The van der Waals surface area contributed by atoms with E-state index in [2.05, 4.69) is 0 Å². The minimum atomic E-state index is -1.37. The summed E-state index contributed by atoms with van der Waals surface area (Å²) in [6.45, 7) is -1.42. The van der Waals surface area contributed by atoms with Crippen LogP contribution in [-0.2, 0) is 11.3 Å². The molecule has 3 N–H and O–H groups in total. The normalized spacial score (nSPS) is 11.8. The number of aliphatic hydroxyl groups is 3. The van der Waals surface area contributed by atoms with Gasteiger partial charge in [-0.2, -0.15) is 0 Å². The summed E-state index contributed by atoms with van der Waals surface area (Å²) in [6.07, 6.45) is 0. The van der Waals surface area contributed by atoms with Gasteiger partial charge in [-0.25, -0.2) is 0 Å². The van der Waals surface area contributed by atoms with E-state index < -0.39 is 25.4 Å². The van der Waals surface area contributed by atoms with Gasteiger partial charge in [0, 0.05) is 10.0 Å². The molecule has 1 aromatic rings. The molecule has 0 atom stereocenters. The molecule has 0 spiro atoms. The summed E-state index contributed by atoms with van der Waals surface area (Å²) in [5, 5.41) is 28.2. The molecule has 0 radical (unpaired) electrons. The molecule has 17 heavy (non-hydrogen) atoms. The Morgan fingerprint density at radius 1 is 1.06 bits per heavy atom. The Morgan fingerprint density at radius 2 is 1.65 bits per heavy atom. The highest BCUT2D eigenvalue weighted by Crippen LogP contribution is 2.23. The number of hydrogen-bond donors (Lipinski definition) is 3. The lowest BCUT2D eigenvalue weighted by atomic mass is 10.1. The summed E-state index contributed by atoms with van der Waals surface area (Å²) in [4.78, 5) is 0. The number of aliphatic hydroxyl groups excluding tert-OH is 3. The number of ether oxygens (including phenoxy) is 1. The summed E-state index contributed by atoms with van der Waals surface area (Å²) in [5.41, 5.74) is -0.745. The molecule has 1 aromatic carbocycles. The van der Waals surface area contributed by atoms with Crippen molar-refractivity contribution in [2.75, 3.05) is 19.8 Å². The number of benzene rings is 1. The van der Waals surface area contributed by atoms with E-state index in [0.29, 0.717) is 15.6 Å². The van der Waals surface area contributed by atoms with E-state index in [-0.39, 0.29) is 6.61 Å². The number of hydrogen-bond acceptors (Lipinski definition) is 4. The van der Waals surface area contributed by atoms with Gasteiger partial charge >= 0.3 is 0 Å². The van der Waals surface area contributed by atoms with Gasteiger partial charge in [0.05, 0.1) is 26.4 Å². The Kier molecular flexibility index (Phi) is 5.66. The highest BCUT2D eigenvalue weighted by atomic mass is 35.5. The largest absolute Gasteiger partial charge is 0.393 e. The number of halogens is 2. The zero-order valence-electron chi connectivity index (χ0n) is 9.07. The lowest BCUT2D eigenvalue weighted by Gasteiger charge is -2.27. The highest BCUT2D eigenvalue weighted by molar-refractivity contribution is 6.33. The van der Waals surface area contributed by atoms with E-state index in [0.717, 1.165) is 0 Å². The molecule has 0 unspecified atom stereocenters. The van der Waals surface area contributed by atoms with Gasteiger partial charge in [-0.3, -0.25) is 0 Å². The molecule has 0 heterocycles. The molecule has 0 fully saturated rings. The molecule has 0 aliphatic heterocycles. The van der Waals surface area contributed by atoms with Crippen LogP contribution in [0.5, 0.6) is 0 Å². The maximum absolute atomic E-state index is 9.07. The monoisotopic (exact) mass is 280 g/mol. The van der Waals surface area contributed by atoms with Gasteiger partial charge in [0.15, 0.2) is 0 Å². The third kappa shape index (κ3) is 3.81. The minimum absolute atomic E-state index is 0.0427. The summed E-state index contributed by atoms with van der Waals surface area (Å²) < 4.78 is 5.31. The minimum Gasteiger partial charge on any atom is -0.393 e. The van der Waals surface area contributed by atoms with Gasteiger partial charge in [-0.1, -0.05) is 23.2 Å². The molecule has 0 amide bonds. The average Bonchev–Trinajstić information content (AvgIpc) is 2.35. The molecule has 0 aliphatic carbocycles. The molecule has 0 saturated heterocycles. The lowest BCUT2D eigenvalue weighted by Crippen LogP contribution is -2.44. The van der Waals surface area contributed by atoms with Crippen LogP contribution in [0.3, 0.4) is 0 Å². The van der Waals surface area contributed by atoms with Crippen molar-refractivity contribution in [1.29, 1.82) is 0 Å². The zero-order valence-corrected chi connectivity index (χ0v) is 10.6. The molecule has 0 aromatic heterocycles. The van der Waals surface area contributed by atoms with E-state index in [1.807, 2.05) is 0 Å². The summed E-state index contributed by atoms with van der Waals surface area (Å²) in [6, 6.07) is 4.90. The Balaban J connectivity index is 2.75. The molecule has 0 aliphatic rings. The Hall–Kier alpha value is -0.360. The molecule has 6 heteroatoms. The predicted molar refractivity (Wildman–Crippen MR) is 65.2 cm³/mol. The maximum atomic E-state index is 9.07. The molecule has 0 saturated carbocycles. The van der Waals surface area contributed by atoms with E-state index in [9.17, 15) is 0 Å². The molecular weight excluding hydrogens is 267 g/mol. The fraction of sp³-hybridized carbons (Fsp3) is 0.455. The molecular formula is C11H14Cl2O4. The third-order valence-corrected chi connectivity index (χ3v) is 3.01.